The monoisotopic (exact) mass is 731 g/mol. The Morgan fingerprint density at radius 1 is 0.281 bits per heavy atom. The van der Waals surface area contributed by atoms with Crippen LogP contribution in [-0.4, -0.2) is 44.4 Å². The molecule has 0 amide bonds. The van der Waals surface area contributed by atoms with Crippen molar-refractivity contribution in [3.05, 3.63) is 176 Å². The van der Waals surface area contributed by atoms with Gasteiger partial charge in [-0.2, -0.15) is 0 Å². The van der Waals surface area contributed by atoms with E-state index in [-0.39, 0.29) is 0 Å². The molecule has 0 saturated heterocycles. The van der Waals surface area contributed by atoms with Gasteiger partial charge >= 0.3 is 0 Å². The average molecular weight is 732 g/mol. The van der Waals surface area contributed by atoms with E-state index in [4.69, 9.17) is 39.9 Å². The molecule has 0 fully saturated rings. The summed E-state index contributed by atoms with van der Waals surface area (Å²) in [6.07, 6.45) is 0. The fourth-order valence-electron chi connectivity index (χ4n) is 7.44. The SMILES string of the molecule is c1ccc(-c2nc(-c3ccccc3)nc(-c3cc(-c4nc(-c5ccccc5)nc(-c5ccccc5)n4)nc(-n4c5cccc6ccc7cccc4c7c65)n3)n2)cc1. The summed E-state index contributed by atoms with van der Waals surface area (Å²) in [4.78, 5) is 40.7. The van der Waals surface area contributed by atoms with Crippen LogP contribution in [0, 0.1) is 0 Å². The minimum absolute atomic E-state index is 0.390. The number of aromatic nitrogens is 9. The van der Waals surface area contributed by atoms with Gasteiger partial charge in [0.15, 0.2) is 34.9 Å². The molecule has 0 unspecified atom stereocenters. The molecule has 9 nitrogen and oxygen atoms in total. The lowest BCUT2D eigenvalue weighted by Crippen LogP contribution is -2.08. The Morgan fingerprint density at radius 3 is 0.965 bits per heavy atom. The van der Waals surface area contributed by atoms with E-state index in [0.717, 1.165) is 54.8 Å². The zero-order valence-electron chi connectivity index (χ0n) is 30.3. The first-order valence-electron chi connectivity index (χ1n) is 18.6. The molecule has 11 aromatic rings. The normalized spacial score (nSPS) is 11.5. The van der Waals surface area contributed by atoms with Gasteiger partial charge in [-0.05, 0) is 29.0 Å². The molecule has 7 aromatic carbocycles. The molecule has 57 heavy (non-hydrogen) atoms. The Morgan fingerprint density at radius 2 is 0.614 bits per heavy atom. The maximum Gasteiger partial charge on any atom is 0.236 e. The second-order valence-electron chi connectivity index (χ2n) is 13.7. The van der Waals surface area contributed by atoms with Crippen LogP contribution in [0.4, 0.5) is 0 Å². The van der Waals surface area contributed by atoms with Gasteiger partial charge in [-0.15, -0.1) is 0 Å². The smallest absolute Gasteiger partial charge is 0.236 e. The average Bonchev–Trinajstić information content (AvgIpc) is 3.65. The second-order valence-corrected chi connectivity index (χ2v) is 13.7. The maximum absolute atomic E-state index is 5.29. The highest BCUT2D eigenvalue weighted by Gasteiger charge is 2.23. The topological polar surface area (TPSA) is 108 Å². The summed E-state index contributed by atoms with van der Waals surface area (Å²) in [5.41, 5.74) is 6.39. The van der Waals surface area contributed by atoms with Gasteiger partial charge in [-0.1, -0.05) is 158 Å². The van der Waals surface area contributed by atoms with Crippen LogP contribution in [0.5, 0.6) is 0 Å². The second kappa shape index (κ2) is 13.4. The molecule has 0 aliphatic carbocycles. The first-order chi connectivity index (χ1) is 28.2. The fraction of sp³-hybridized carbons (Fsp3) is 0. The van der Waals surface area contributed by atoms with Crippen LogP contribution in [0.25, 0.3) is 107 Å². The molecule has 4 aromatic heterocycles. The van der Waals surface area contributed by atoms with Crippen LogP contribution in [0.15, 0.2) is 176 Å². The molecule has 9 heteroatoms. The predicted molar refractivity (Wildman–Crippen MR) is 224 cm³/mol. The van der Waals surface area contributed by atoms with Gasteiger partial charge in [0.05, 0.1) is 11.0 Å². The Bertz CT molecular complexity index is 2900. The van der Waals surface area contributed by atoms with E-state index in [9.17, 15) is 0 Å². The minimum Gasteiger partial charge on any atom is -0.278 e. The van der Waals surface area contributed by atoms with Gasteiger partial charge in [0, 0.05) is 33.0 Å². The van der Waals surface area contributed by atoms with Crippen LogP contribution in [0.3, 0.4) is 0 Å². The van der Waals surface area contributed by atoms with Gasteiger partial charge in [0.1, 0.15) is 11.4 Å². The summed E-state index contributed by atoms with van der Waals surface area (Å²) in [5.74, 6) is 3.33. The van der Waals surface area contributed by atoms with Crippen molar-refractivity contribution in [2.24, 2.45) is 0 Å². The Labute approximate surface area is 326 Å². The highest BCUT2D eigenvalue weighted by atomic mass is 15.2. The summed E-state index contributed by atoms with van der Waals surface area (Å²) in [6, 6.07) is 58.5. The minimum atomic E-state index is 0.390. The zero-order chi connectivity index (χ0) is 37.7. The number of hydrogen-bond acceptors (Lipinski definition) is 8. The molecule has 0 aliphatic rings. The lowest BCUT2D eigenvalue weighted by molar-refractivity contribution is 0.966. The molecule has 11 rings (SSSR count). The van der Waals surface area contributed by atoms with E-state index in [2.05, 4.69) is 53.1 Å². The Kier molecular flexibility index (Phi) is 7.60. The van der Waals surface area contributed by atoms with E-state index in [0.29, 0.717) is 52.3 Å². The highest BCUT2D eigenvalue weighted by molar-refractivity contribution is 6.24. The molecule has 0 atom stereocenters. The van der Waals surface area contributed by atoms with Gasteiger partial charge < -0.3 is 0 Å². The molecule has 0 bridgehead atoms. The molecular weight excluding hydrogens is 703 g/mol. The Hall–Kier alpha value is -8.04. The van der Waals surface area contributed by atoms with Crippen molar-refractivity contribution >= 4 is 32.6 Å². The first kappa shape index (κ1) is 32.4. The third-order valence-corrected chi connectivity index (χ3v) is 10.1. The predicted octanol–water partition coefficient (Wildman–Crippen LogP) is 10.5. The molecular formula is C48H29N9. The number of nitrogens with zero attached hydrogens (tertiary/aromatic N) is 9. The van der Waals surface area contributed by atoms with Crippen molar-refractivity contribution in [2.75, 3.05) is 0 Å². The van der Waals surface area contributed by atoms with Crippen LogP contribution in [0.2, 0.25) is 0 Å². The van der Waals surface area contributed by atoms with Gasteiger partial charge in [0.25, 0.3) is 0 Å². The highest BCUT2D eigenvalue weighted by Crippen LogP contribution is 2.39. The number of benzene rings is 7. The molecule has 0 N–H and O–H groups in total. The van der Waals surface area contributed by atoms with Gasteiger partial charge in [-0.25, -0.2) is 39.9 Å². The van der Waals surface area contributed by atoms with E-state index in [1.165, 1.54) is 0 Å². The van der Waals surface area contributed by atoms with Crippen molar-refractivity contribution in [2.45, 2.75) is 0 Å². The number of hydrogen-bond donors (Lipinski definition) is 0. The van der Waals surface area contributed by atoms with Crippen LogP contribution in [-0.2, 0) is 0 Å². The van der Waals surface area contributed by atoms with E-state index >= 15 is 0 Å². The molecule has 0 spiro atoms. The molecule has 4 heterocycles. The van der Waals surface area contributed by atoms with Gasteiger partial charge in [0.2, 0.25) is 5.95 Å². The molecule has 0 radical (unpaired) electrons. The lowest BCUT2D eigenvalue weighted by Gasteiger charge is -2.13. The molecule has 266 valence electrons. The van der Waals surface area contributed by atoms with E-state index in [1.54, 1.807) is 0 Å². The van der Waals surface area contributed by atoms with E-state index < -0.39 is 0 Å². The van der Waals surface area contributed by atoms with E-state index in [1.807, 2.05) is 127 Å². The quantitative estimate of drug-likeness (QED) is 0.149. The third-order valence-electron chi connectivity index (χ3n) is 10.1. The van der Waals surface area contributed by atoms with Crippen LogP contribution in [0.1, 0.15) is 0 Å². The van der Waals surface area contributed by atoms with Crippen molar-refractivity contribution < 1.29 is 0 Å². The number of rotatable bonds is 7. The van der Waals surface area contributed by atoms with Gasteiger partial charge in [-0.3, -0.25) is 4.57 Å². The summed E-state index contributed by atoms with van der Waals surface area (Å²) >= 11 is 0. The van der Waals surface area contributed by atoms with Crippen LogP contribution < -0.4 is 0 Å². The Balaban J connectivity index is 1.21. The zero-order valence-corrected chi connectivity index (χ0v) is 30.3. The third kappa shape index (κ3) is 5.73. The van der Waals surface area contributed by atoms with Crippen molar-refractivity contribution in [3.63, 3.8) is 0 Å². The summed E-state index contributed by atoms with van der Waals surface area (Å²) in [6.45, 7) is 0. The first-order valence-corrected chi connectivity index (χ1v) is 18.6. The van der Waals surface area contributed by atoms with Crippen molar-refractivity contribution in [1.29, 1.82) is 0 Å². The van der Waals surface area contributed by atoms with Crippen molar-refractivity contribution in [1.82, 2.24) is 44.4 Å². The maximum atomic E-state index is 5.29. The lowest BCUT2D eigenvalue weighted by atomic mass is 10.0. The fourth-order valence-corrected chi connectivity index (χ4v) is 7.44. The van der Waals surface area contributed by atoms with Crippen molar-refractivity contribution in [3.8, 4) is 74.5 Å². The molecule has 0 aliphatic heterocycles. The summed E-state index contributed by atoms with van der Waals surface area (Å²) < 4.78 is 2.12. The molecule has 0 saturated carbocycles. The van der Waals surface area contributed by atoms with Crippen LogP contribution >= 0.6 is 0 Å². The summed E-state index contributed by atoms with van der Waals surface area (Å²) in [7, 11) is 0. The largest absolute Gasteiger partial charge is 0.278 e. The standard InChI is InChI=1S/C48H29N9/c1-5-15-32(16-6-1)42-51-43(33-17-7-2-8-18-33)54-46(53-42)36-29-37(47-55-44(34-19-9-3-10-20-34)52-45(56-47)35-21-11-4-12-22-35)50-48(49-36)57-38-25-13-23-30-27-28-31-24-14-26-39(57)41(31)40(30)38/h1-29H. The summed E-state index contributed by atoms with van der Waals surface area (Å²) in [5, 5.41) is 4.58.